The molecule has 0 radical (unpaired) electrons. The molecule has 0 spiro atoms. The van der Waals surface area contributed by atoms with Crippen molar-refractivity contribution in [3.63, 3.8) is 0 Å². The highest BCUT2D eigenvalue weighted by Gasteiger charge is 2.44. The van der Waals surface area contributed by atoms with E-state index in [0.29, 0.717) is 6.42 Å². The zero-order valence-corrected chi connectivity index (χ0v) is 14.9. The van der Waals surface area contributed by atoms with Gasteiger partial charge in [0, 0.05) is 39.6 Å². The molecule has 24 heavy (non-hydrogen) atoms. The van der Waals surface area contributed by atoms with Crippen LogP contribution < -0.4 is 0 Å². The maximum atomic E-state index is 13.1. The monoisotopic (exact) mass is 329 g/mol. The maximum Gasteiger partial charge on any atom is 0.228 e. The number of piperazine rings is 1. The van der Waals surface area contributed by atoms with Gasteiger partial charge in [-0.3, -0.25) is 9.59 Å². The van der Waals surface area contributed by atoms with Crippen molar-refractivity contribution in [3.8, 4) is 0 Å². The van der Waals surface area contributed by atoms with E-state index in [1.54, 1.807) is 4.90 Å². The third kappa shape index (κ3) is 3.18. The van der Waals surface area contributed by atoms with Gasteiger partial charge in [0.2, 0.25) is 11.8 Å². The Morgan fingerprint density at radius 2 is 1.75 bits per heavy atom. The van der Waals surface area contributed by atoms with Gasteiger partial charge in [-0.2, -0.15) is 0 Å². The number of benzene rings is 1. The molecule has 2 unspecified atom stereocenters. The molecule has 2 aliphatic heterocycles. The maximum absolute atomic E-state index is 13.1. The van der Waals surface area contributed by atoms with E-state index in [1.807, 2.05) is 43.1 Å². The van der Waals surface area contributed by atoms with E-state index in [4.69, 9.17) is 0 Å². The van der Waals surface area contributed by atoms with Crippen LogP contribution in [-0.2, 0) is 9.59 Å². The van der Waals surface area contributed by atoms with Crippen molar-refractivity contribution in [1.82, 2.24) is 14.7 Å². The minimum Gasteiger partial charge on any atom is -0.340 e. The summed E-state index contributed by atoms with van der Waals surface area (Å²) in [4.78, 5) is 31.4. The van der Waals surface area contributed by atoms with Gasteiger partial charge in [-0.1, -0.05) is 36.8 Å². The minimum absolute atomic E-state index is 0.0612. The highest BCUT2D eigenvalue weighted by molar-refractivity contribution is 5.90. The molecule has 1 aromatic carbocycles. The molecule has 5 heteroatoms. The number of rotatable bonds is 3. The molecule has 0 bridgehead atoms. The smallest absolute Gasteiger partial charge is 0.228 e. The summed E-state index contributed by atoms with van der Waals surface area (Å²) in [6, 6.07) is 8.05. The molecular formula is C19H27N3O2. The third-order valence-electron chi connectivity index (χ3n) is 5.45. The van der Waals surface area contributed by atoms with Gasteiger partial charge in [0.05, 0.1) is 12.0 Å². The lowest BCUT2D eigenvalue weighted by atomic mass is 9.91. The first-order valence-corrected chi connectivity index (χ1v) is 8.84. The van der Waals surface area contributed by atoms with Crippen molar-refractivity contribution in [1.29, 1.82) is 0 Å². The van der Waals surface area contributed by atoms with Gasteiger partial charge in [-0.15, -0.1) is 0 Å². The number of carbonyl (C=O) groups is 2. The second-order valence-corrected chi connectivity index (χ2v) is 6.93. The normalized spacial score (nSPS) is 25.4. The fourth-order valence-electron chi connectivity index (χ4n) is 3.83. The molecule has 0 saturated carbocycles. The number of aryl methyl sites for hydroxylation is 1. The van der Waals surface area contributed by atoms with Crippen LogP contribution in [0.1, 0.15) is 30.5 Å². The van der Waals surface area contributed by atoms with E-state index in [1.165, 1.54) is 5.56 Å². The van der Waals surface area contributed by atoms with Gasteiger partial charge in [0.15, 0.2) is 0 Å². The molecule has 0 aliphatic carbocycles. The topological polar surface area (TPSA) is 43.9 Å². The first kappa shape index (κ1) is 17.0. The van der Waals surface area contributed by atoms with E-state index < -0.39 is 0 Å². The van der Waals surface area contributed by atoms with Crippen LogP contribution in [0.15, 0.2) is 24.3 Å². The van der Waals surface area contributed by atoms with Crippen LogP contribution in [0.4, 0.5) is 0 Å². The van der Waals surface area contributed by atoms with Crippen LogP contribution in [-0.4, -0.2) is 66.3 Å². The van der Waals surface area contributed by atoms with Crippen LogP contribution in [0, 0.1) is 12.8 Å². The Bertz CT molecular complexity index is 606. The van der Waals surface area contributed by atoms with E-state index in [2.05, 4.69) is 11.8 Å². The van der Waals surface area contributed by atoms with Crippen molar-refractivity contribution in [2.75, 3.05) is 39.8 Å². The van der Waals surface area contributed by atoms with Gasteiger partial charge in [-0.25, -0.2) is 0 Å². The van der Waals surface area contributed by atoms with Crippen molar-refractivity contribution in [3.05, 3.63) is 35.4 Å². The Balaban J connectivity index is 1.78. The molecule has 3 rings (SSSR count). The first-order chi connectivity index (χ1) is 11.5. The predicted octanol–water partition coefficient (Wildman–Crippen LogP) is 1.68. The quantitative estimate of drug-likeness (QED) is 0.847. The van der Waals surface area contributed by atoms with Crippen LogP contribution in [0.2, 0.25) is 0 Å². The summed E-state index contributed by atoms with van der Waals surface area (Å²) in [5.41, 5.74) is 2.24. The molecule has 5 nitrogen and oxygen atoms in total. The second-order valence-electron chi connectivity index (χ2n) is 6.93. The summed E-state index contributed by atoms with van der Waals surface area (Å²) in [5.74, 6) is -0.0708. The summed E-state index contributed by atoms with van der Waals surface area (Å²) in [7, 11) is 1.81. The SMILES string of the molecule is CCN1CCN(C(=O)C2CC(=O)N(C)C2c2ccc(C)cc2)CC1. The fraction of sp³-hybridized carbons (Fsp3) is 0.579. The van der Waals surface area contributed by atoms with Crippen LogP contribution in [0.3, 0.4) is 0 Å². The van der Waals surface area contributed by atoms with Gasteiger partial charge < -0.3 is 14.7 Å². The predicted molar refractivity (Wildman–Crippen MR) is 93.5 cm³/mol. The van der Waals surface area contributed by atoms with Crippen molar-refractivity contribution < 1.29 is 9.59 Å². The molecule has 2 heterocycles. The van der Waals surface area contributed by atoms with Gasteiger partial charge in [0.25, 0.3) is 0 Å². The molecule has 2 aliphatic rings. The van der Waals surface area contributed by atoms with Gasteiger partial charge in [-0.05, 0) is 19.0 Å². The lowest BCUT2D eigenvalue weighted by molar-refractivity contribution is -0.138. The van der Waals surface area contributed by atoms with Gasteiger partial charge >= 0.3 is 0 Å². The number of amides is 2. The van der Waals surface area contributed by atoms with Crippen molar-refractivity contribution in [2.45, 2.75) is 26.3 Å². The molecule has 0 aromatic heterocycles. The lowest BCUT2D eigenvalue weighted by Crippen LogP contribution is -2.50. The molecular weight excluding hydrogens is 302 g/mol. The summed E-state index contributed by atoms with van der Waals surface area (Å²) in [6.45, 7) is 8.60. The minimum atomic E-state index is -0.265. The van der Waals surface area contributed by atoms with Crippen LogP contribution in [0.25, 0.3) is 0 Å². The van der Waals surface area contributed by atoms with E-state index in [9.17, 15) is 9.59 Å². The second kappa shape index (κ2) is 6.93. The number of carbonyl (C=O) groups excluding carboxylic acids is 2. The Morgan fingerprint density at radius 3 is 2.33 bits per heavy atom. The lowest BCUT2D eigenvalue weighted by Gasteiger charge is -2.36. The zero-order valence-electron chi connectivity index (χ0n) is 14.9. The molecule has 0 N–H and O–H groups in total. The van der Waals surface area contributed by atoms with Crippen molar-refractivity contribution >= 4 is 11.8 Å². The molecule has 130 valence electrons. The van der Waals surface area contributed by atoms with Gasteiger partial charge in [0.1, 0.15) is 0 Å². The number of nitrogens with zero attached hydrogens (tertiary/aromatic N) is 3. The summed E-state index contributed by atoms with van der Waals surface area (Å²) in [6.07, 6.45) is 0.321. The number of hydrogen-bond donors (Lipinski definition) is 0. The third-order valence-corrected chi connectivity index (χ3v) is 5.45. The number of likely N-dealkylation sites (tertiary alicyclic amines) is 1. The average molecular weight is 329 g/mol. The van der Waals surface area contributed by atoms with Crippen molar-refractivity contribution in [2.24, 2.45) is 5.92 Å². The molecule has 1 aromatic rings. The Labute approximate surface area is 144 Å². The Kier molecular flexibility index (Phi) is 4.90. The zero-order chi connectivity index (χ0) is 17.3. The van der Waals surface area contributed by atoms with E-state index in [0.717, 1.165) is 38.3 Å². The average Bonchev–Trinajstić information content (AvgIpc) is 2.90. The molecule has 2 amide bonds. The number of likely N-dealkylation sites (N-methyl/N-ethyl adjacent to an activating group) is 1. The number of hydrogen-bond acceptors (Lipinski definition) is 3. The fourth-order valence-corrected chi connectivity index (χ4v) is 3.83. The Hall–Kier alpha value is -1.88. The van der Waals surface area contributed by atoms with Crippen LogP contribution in [0.5, 0.6) is 0 Å². The van der Waals surface area contributed by atoms with E-state index >= 15 is 0 Å². The molecule has 2 saturated heterocycles. The summed E-state index contributed by atoms with van der Waals surface area (Å²) >= 11 is 0. The largest absolute Gasteiger partial charge is 0.340 e. The summed E-state index contributed by atoms with van der Waals surface area (Å²) < 4.78 is 0. The highest BCUT2D eigenvalue weighted by Crippen LogP contribution is 2.38. The first-order valence-electron chi connectivity index (χ1n) is 8.84. The van der Waals surface area contributed by atoms with Crippen LogP contribution >= 0.6 is 0 Å². The summed E-state index contributed by atoms with van der Waals surface area (Å²) in [5, 5.41) is 0. The molecule has 2 fully saturated rings. The Morgan fingerprint density at radius 1 is 1.12 bits per heavy atom. The standard InChI is InChI=1S/C19H27N3O2/c1-4-21-9-11-22(12-10-21)19(24)16-13-17(23)20(3)18(16)15-7-5-14(2)6-8-15/h5-8,16,18H,4,9-13H2,1-3H3. The highest BCUT2D eigenvalue weighted by atomic mass is 16.2. The van der Waals surface area contributed by atoms with E-state index in [-0.39, 0.29) is 23.8 Å². The molecule has 2 atom stereocenters.